The van der Waals surface area contributed by atoms with Crippen molar-refractivity contribution in [3.63, 3.8) is 0 Å². The number of aliphatic carboxylic acids is 1. The molecule has 0 saturated carbocycles. The fraction of sp³-hybridized carbons (Fsp3) is 0.444. The van der Waals surface area contributed by atoms with Crippen LogP contribution in [-0.2, 0) is 11.0 Å². The first-order valence-corrected chi connectivity index (χ1v) is 8.07. The van der Waals surface area contributed by atoms with E-state index in [0.29, 0.717) is 12.5 Å². The average molecular weight is 357 g/mol. The highest BCUT2D eigenvalue weighted by Gasteiger charge is 2.31. The van der Waals surface area contributed by atoms with Gasteiger partial charge in [-0.15, -0.1) is 6.58 Å². The van der Waals surface area contributed by atoms with E-state index in [1.165, 1.54) is 6.07 Å². The Bertz CT molecular complexity index is 599. The van der Waals surface area contributed by atoms with Crippen molar-refractivity contribution in [3.05, 3.63) is 48.0 Å². The highest BCUT2D eigenvalue weighted by molar-refractivity contribution is 5.96. The third-order valence-electron chi connectivity index (χ3n) is 3.71. The molecule has 0 saturated heterocycles. The molecule has 0 aliphatic heterocycles. The van der Waals surface area contributed by atoms with Gasteiger partial charge in [0, 0.05) is 5.56 Å². The fourth-order valence-electron chi connectivity index (χ4n) is 2.33. The number of carboxylic acid groups (broad SMARTS) is 1. The Morgan fingerprint density at radius 3 is 2.48 bits per heavy atom. The van der Waals surface area contributed by atoms with E-state index in [2.05, 4.69) is 11.9 Å². The van der Waals surface area contributed by atoms with Crippen molar-refractivity contribution < 1.29 is 27.9 Å². The molecule has 0 heterocycles. The van der Waals surface area contributed by atoms with Gasteiger partial charge in [0.25, 0.3) is 5.91 Å². The van der Waals surface area contributed by atoms with E-state index >= 15 is 0 Å². The van der Waals surface area contributed by atoms with Crippen LogP contribution in [0.3, 0.4) is 0 Å². The molecular weight excluding hydrogens is 335 g/mol. The van der Waals surface area contributed by atoms with Gasteiger partial charge in [-0.05, 0) is 37.5 Å². The maximum absolute atomic E-state index is 12.7. The number of halogens is 3. The van der Waals surface area contributed by atoms with E-state index in [9.17, 15) is 27.9 Å². The molecule has 4 nitrogen and oxygen atoms in total. The minimum Gasteiger partial charge on any atom is -0.480 e. The van der Waals surface area contributed by atoms with E-state index in [0.717, 1.165) is 37.8 Å². The number of allylic oxidation sites excluding steroid dienone is 1. The van der Waals surface area contributed by atoms with E-state index in [1.54, 1.807) is 0 Å². The predicted molar refractivity (Wildman–Crippen MR) is 88.2 cm³/mol. The lowest BCUT2D eigenvalue weighted by Gasteiger charge is -2.15. The zero-order chi connectivity index (χ0) is 18.9. The SMILES string of the molecule is C=CCCCCCC[C@H](NC(=O)c1cccc(C(F)(F)F)c1)C(=O)O. The summed E-state index contributed by atoms with van der Waals surface area (Å²) in [7, 11) is 0. The van der Waals surface area contributed by atoms with Crippen LogP contribution in [0.15, 0.2) is 36.9 Å². The minimum atomic E-state index is -4.56. The van der Waals surface area contributed by atoms with Crippen molar-refractivity contribution >= 4 is 11.9 Å². The van der Waals surface area contributed by atoms with Crippen molar-refractivity contribution in [2.75, 3.05) is 0 Å². The van der Waals surface area contributed by atoms with Crippen molar-refractivity contribution in [1.82, 2.24) is 5.32 Å². The van der Waals surface area contributed by atoms with Crippen LogP contribution < -0.4 is 5.32 Å². The zero-order valence-electron chi connectivity index (χ0n) is 13.8. The largest absolute Gasteiger partial charge is 0.480 e. The van der Waals surface area contributed by atoms with Crippen LogP contribution in [0.5, 0.6) is 0 Å². The lowest BCUT2D eigenvalue weighted by molar-refractivity contribution is -0.139. The second-order valence-corrected chi connectivity index (χ2v) is 5.72. The van der Waals surface area contributed by atoms with Crippen molar-refractivity contribution in [3.8, 4) is 0 Å². The smallest absolute Gasteiger partial charge is 0.416 e. The van der Waals surface area contributed by atoms with Crippen LogP contribution in [0.25, 0.3) is 0 Å². The van der Waals surface area contributed by atoms with Gasteiger partial charge in [-0.25, -0.2) is 4.79 Å². The Kier molecular flexibility index (Phi) is 8.18. The van der Waals surface area contributed by atoms with E-state index in [4.69, 9.17) is 0 Å². The van der Waals surface area contributed by atoms with Gasteiger partial charge in [-0.1, -0.05) is 31.4 Å². The molecule has 0 aromatic heterocycles. The van der Waals surface area contributed by atoms with Crippen LogP contribution in [0.4, 0.5) is 13.2 Å². The number of nitrogens with one attached hydrogen (secondary N) is 1. The molecule has 25 heavy (non-hydrogen) atoms. The molecule has 1 aromatic carbocycles. The Morgan fingerprint density at radius 2 is 1.88 bits per heavy atom. The summed E-state index contributed by atoms with van der Waals surface area (Å²) in [4.78, 5) is 23.3. The second-order valence-electron chi connectivity index (χ2n) is 5.72. The summed E-state index contributed by atoms with van der Waals surface area (Å²) in [5, 5.41) is 11.5. The second kappa shape index (κ2) is 9.86. The van der Waals surface area contributed by atoms with Gasteiger partial charge in [0.15, 0.2) is 0 Å². The molecule has 2 N–H and O–H groups in total. The van der Waals surface area contributed by atoms with Crippen molar-refractivity contribution in [2.45, 2.75) is 50.7 Å². The maximum Gasteiger partial charge on any atom is 0.416 e. The first-order chi connectivity index (χ1) is 11.8. The summed E-state index contributed by atoms with van der Waals surface area (Å²) in [6.07, 6.45) is 1.71. The lowest BCUT2D eigenvalue weighted by Crippen LogP contribution is -2.40. The van der Waals surface area contributed by atoms with Crippen molar-refractivity contribution in [1.29, 1.82) is 0 Å². The summed E-state index contributed by atoms with van der Waals surface area (Å²) >= 11 is 0. The van der Waals surface area contributed by atoms with E-state index in [-0.39, 0.29) is 12.0 Å². The van der Waals surface area contributed by atoms with E-state index in [1.807, 2.05) is 6.08 Å². The van der Waals surface area contributed by atoms with Gasteiger partial charge in [0.2, 0.25) is 0 Å². The maximum atomic E-state index is 12.7. The van der Waals surface area contributed by atoms with Gasteiger partial charge in [-0.2, -0.15) is 13.2 Å². The summed E-state index contributed by atoms with van der Waals surface area (Å²) in [5.41, 5.74) is -1.17. The van der Waals surface area contributed by atoms with Gasteiger partial charge in [-0.3, -0.25) is 4.79 Å². The van der Waals surface area contributed by atoms with Gasteiger partial charge in [0.05, 0.1) is 5.56 Å². The van der Waals surface area contributed by atoms with Crippen LogP contribution in [0.2, 0.25) is 0 Å². The molecule has 1 atom stereocenters. The number of carbonyl (C=O) groups excluding carboxylic acids is 1. The first-order valence-electron chi connectivity index (χ1n) is 8.07. The number of hydrogen-bond acceptors (Lipinski definition) is 2. The number of unbranched alkanes of at least 4 members (excludes halogenated alkanes) is 4. The summed E-state index contributed by atoms with van der Waals surface area (Å²) in [6, 6.07) is 2.78. The highest BCUT2D eigenvalue weighted by atomic mass is 19.4. The third kappa shape index (κ3) is 7.41. The number of hydrogen-bond donors (Lipinski definition) is 2. The fourth-order valence-corrected chi connectivity index (χ4v) is 2.33. The molecule has 0 fully saturated rings. The summed E-state index contributed by atoms with van der Waals surface area (Å²) in [6.45, 7) is 3.62. The average Bonchev–Trinajstić information content (AvgIpc) is 2.55. The number of alkyl halides is 3. The first kappa shape index (κ1) is 20.7. The molecular formula is C18H22F3NO3. The molecule has 7 heteroatoms. The summed E-state index contributed by atoms with van der Waals surface area (Å²) < 4.78 is 38.1. The molecule has 0 unspecified atom stereocenters. The summed E-state index contributed by atoms with van der Waals surface area (Å²) in [5.74, 6) is -2.03. The molecule has 0 radical (unpaired) electrons. The van der Waals surface area contributed by atoms with Crippen LogP contribution >= 0.6 is 0 Å². The molecule has 1 rings (SSSR count). The van der Waals surface area contributed by atoms with Crippen LogP contribution in [-0.4, -0.2) is 23.0 Å². The van der Waals surface area contributed by atoms with Gasteiger partial charge >= 0.3 is 12.1 Å². The Hall–Kier alpha value is -2.31. The molecule has 0 spiro atoms. The molecule has 1 aromatic rings. The number of amides is 1. The molecule has 0 aliphatic rings. The third-order valence-corrected chi connectivity index (χ3v) is 3.71. The monoisotopic (exact) mass is 357 g/mol. The van der Waals surface area contributed by atoms with Gasteiger partial charge < -0.3 is 10.4 Å². The molecule has 138 valence electrons. The number of carbonyl (C=O) groups is 2. The minimum absolute atomic E-state index is 0.216. The van der Waals surface area contributed by atoms with Gasteiger partial charge in [0.1, 0.15) is 6.04 Å². The van der Waals surface area contributed by atoms with Crippen molar-refractivity contribution in [2.24, 2.45) is 0 Å². The van der Waals surface area contributed by atoms with Crippen LogP contribution in [0.1, 0.15) is 54.4 Å². The highest BCUT2D eigenvalue weighted by Crippen LogP contribution is 2.29. The number of rotatable bonds is 10. The Morgan fingerprint density at radius 1 is 1.20 bits per heavy atom. The molecule has 0 bridgehead atoms. The lowest BCUT2D eigenvalue weighted by atomic mass is 10.0. The van der Waals surface area contributed by atoms with E-state index < -0.39 is 29.7 Å². The predicted octanol–water partition coefficient (Wildman–Crippen LogP) is 4.42. The Labute approximate surface area is 144 Å². The standard InChI is InChI=1S/C18H22F3NO3/c1-2-3-4-5-6-7-11-15(17(24)25)22-16(23)13-9-8-10-14(12-13)18(19,20)21/h2,8-10,12,15H,1,3-7,11H2,(H,22,23)(H,24,25)/t15-/m0/s1. The molecule has 0 aliphatic carbocycles. The normalized spacial score (nSPS) is 12.4. The Balaban J connectivity index is 2.61. The zero-order valence-corrected chi connectivity index (χ0v) is 13.8. The number of benzene rings is 1. The quantitative estimate of drug-likeness (QED) is 0.481. The van der Waals surface area contributed by atoms with Crippen LogP contribution in [0, 0.1) is 0 Å². The topological polar surface area (TPSA) is 66.4 Å². The number of carboxylic acids is 1. The molecule has 1 amide bonds.